The summed E-state index contributed by atoms with van der Waals surface area (Å²) in [5.41, 5.74) is 2.73. The van der Waals surface area contributed by atoms with Gasteiger partial charge in [0.1, 0.15) is 5.75 Å². The lowest BCUT2D eigenvalue weighted by molar-refractivity contribution is -0.131. The number of rotatable bonds is 7. The summed E-state index contributed by atoms with van der Waals surface area (Å²) < 4.78 is 28.7. The summed E-state index contributed by atoms with van der Waals surface area (Å²) in [6.45, 7) is -2.51. The highest BCUT2D eigenvalue weighted by Gasteiger charge is 2.26. The van der Waals surface area contributed by atoms with E-state index in [9.17, 15) is 18.4 Å². The predicted octanol–water partition coefficient (Wildman–Crippen LogP) is 3.84. The van der Waals surface area contributed by atoms with E-state index >= 15 is 0 Å². The summed E-state index contributed by atoms with van der Waals surface area (Å²) in [7, 11) is 1.68. The smallest absolute Gasteiger partial charge is 0.387 e. The molecule has 7 heteroatoms. The lowest BCUT2D eigenvalue weighted by Crippen LogP contribution is -2.32. The van der Waals surface area contributed by atoms with E-state index in [4.69, 9.17) is 0 Å². The van der Waals surface area contributed by atoms with Gasteiger partial charge in [-0.05, 0) is 42.2 Å². The Balaban J connectivity index is 1.50. The Kier molecular flexibility index (Phi) is 6.23. The van der Waals surface area contributed by atoms with Crippen LogP contribution in [-0.4, -0.2) is 30.4 Å². The third-order valence-corrected chi connectivity index (χ3v) is 4.81. The molecular weight excluding hydrogens is 366 g/mol. The van der Waals surface area contributed by atoms with Crippen molar-refractivity contribution in [1.82, 2.24) is 4.90 Å². The Labute approximate surface area is 162 Å². The maximum Gasteiger partial charge on any atom is 0.387 e. The van der Waals surface area contributed by atoms with E-state index in [1.54, 1.807) is 24.1 Å². The largest absolute Gasteiger partial charge is 0.435 e. The minimum absolute atomic E-state index is 0.0521. The topological polar surface area (TPSA) is 58.6 Å². The highest BCUT2D eigenvalue weighted by molar-refractivity contribution is 5.96. The molecular formula is C21H22F2N2O3. The number of ether oxygens (including phenoxy) is 1. The second-order valence-corrected chi connectivity index (χ2v) is 6.86. The summed E-state index contributed by atoms with van der Waals surface area (Å²) in [5, 5.41) is 2.89. The second-order valence-electron chi connectivity index (χ2n) is 6.86. The van der Waals surface area contributed by atoms with Gasteiger partial charge in [0.15, 0.2) is 0 Å². The first-order valence-electron chi connectivity index (χ1n) is 9.09. The van der Waals surface area contributed by atoms with Crippen molar-refractivity contribution in [2.75, 3.05) is 12.4 Å². The van der Waals surface area contributed by atoms with E-state index < -0.39 is 6.61 Å². The average molecular weight is 388 g/mol. The van der Waals surface area contributed by atoms with E-state index in [-0.39, 0.29) is 29.9 Å². The summed E-state index contributed by atoms with van der Waals surface area (Å²) >= 11 is 0. The number of hydrogen-bond donors (Lipinski definition) is 1. The summed E-state index contributed by atoms with van der Waals surface area (Å²) in [6, 6.07) is 13.9. The van der Waals surface area contributed by atoms with E-state index in [0.29, 0.717) is 19.4 Å². The molecule has 148 valence electrons. The fourth-order valence-electron chi connectivity index (χ4n) is 3.27. The molecule has 2 amide bonds. The van der Waals surface area contributed by atoms with Gasteiger partial charge in [-0.2, -0.15) is 8.78 Å². The Hall–Kier alpha value is -2.96. The highest BCUT2D eigenvalue weighted by Crippen LogP contribution is 2.27. The quantitative estimate of drug-likeness (QED) is 0.784. The van der Waals surface area contributed by atoms with Crippen molar-refractivity contribution in [3.63, 3.8) is 0 Å². The van der Waals surface area contributed by atoms with Gasteiger partial charge >= 0.3 is 6.61 Å². The molecule has 0 aromatic heterocycles. The average Bonchev–Trinajstić information content (AvgIpc) is 2.67. The number of hydrogen-bond acceptors (Lipinski definition) is 3. The van der Waals surface area contributed by atoms with Gasteiger partial charge in [-0.15, -0.1) is 0 Å². The van der Waals surface area contributed by atoms with Crippen molar-refractivity contribution in [1.29, 1.82) is 0 Å². The SMILES string of the molecule is CN(Cc1ccc(OC(F)F)cc1)C(=O)CCC1Cc2ccccc2NC1=O. The van der Waals surface area contributed by atoms with Crippen LogP contribution in [0.3, 0.4) is 0 Å². The van der Waals surface area contributed by atoms with E-state index in [1.807, 2.05) is 24.3 Å². The van der Waals surface area contributed by atoms with Gasteiger partial charge in [-0.25, -0.2) is 0 Å². The van der Waals surface area contributed by atoms with Crippen LogP contribution in [0.5, 0.6) is 5.75 Å². The van der Waals surface area contributed by atoms with Crippen LogP contribution in [0.2, 0.25) is 0 Å². The van der Waals surface area contributed by atoms with Crippen molar-refractivity contribution < 1.29 is 23.1 Å². The lowest BCUT2D eigenvalue weighted by Gasteiger charge is -2.25. The van der Waals surface area contributed by atoms with E-state index in [2.05, 4.69) is 10.1 Å². The minimum atomic E-state index is -2.86. The highest BCUT2D eigenvalue weighted by atomic mass is 19.3. The normalized spacial score (nSPS) is 15.7. The van der Waals surface area contributed by atoms with Crippen LogP contribution in [-0.2, 0) is 22.6 Å². The number of nitrogens with zero attached hydrogens (tertiary/aromatic N) is 1. The summed E-state index contributed by atoms with van der Waals surface area (Å²) in [5.74, 6) is -0.266. The molecule has 1 aliphatic heterocycles. The molecule has 28 heavy (non-hydrogen) atoms. The molecule has 1 atom stereocenters. The second kappa shape index (κ2) is 8.82. The fourth-order valence-corrected chi connectivity index (χ4v) is 3.27. The Morgan fingerprint density at radius 3 is 2.64 bits per heavy atom. The Morgan fingerprint density at radius 1 is 1.21 bits per heavy atom. The molecule has 1 aliphatic rings. The number of benzene rings is 2. The van der Waals surface area contributed by atoms with Gasteiger partial charge in [-0.1, -0.05) is 30.3 Å². The molecule has 2 aromatic rings. The molecule has 0 spiro atoms. The predicted molar refractivity (Wildman–Crippen MR) is 101 cm³/mol. The third kappa shape index (κ3) is 5.06. The molecule has 0 saturated carbocycles. The molecule has 3 rings (SSSR count). The number of carbonyl (C=O) groups excluding carboxylic acids is 2. The molecule has 0 aliphatic carbocycles. The molecule has 1 unspecified atom stereocenters. The molecule has 0 radical (unpaired) electrons. The molecule has 0 saturated heterocycles. The third-order valence-electron chi connectivity index (χ3n) is 4.81. The molecule has 2 aromatic carbocycles. The van der Waals surface area contributed by atoms with Crippen molar-refractivity contribution in [3.8, 4) is 5.75 Å². The summed E-state index contributed by atoms with van der Waals surface area (Å²) in [6.07, 6.45) is 1.37. The lowest BCUT2D eigenvalue weighted by atomic mass is 9.89. The van der Waals surface area contributed by atoms with E-state index in [1.165, 1.54) is 12.1 Å². The zero-order valence-corrected chi connectivity index (χ0v) is 15.5. The van der Waals surface area contributed by atoms with Crippen molar-refractivity contribution in [2.24, 2.45) is 5.92 Å². The summed E-state index contributed by atoms with van der Waals surface area (Å²) in [4.78, 5) is 26.2. The first-order chi connectivity index (χ1) is 13.4. The number of fused-ring (bicyclic) bond motifs is 1. The van der Waals surface area contributed by atoms with Crippen molar-refractivity contribution >= 4 is 17.5 Å². The van der Waals surface area contributed by atoms with Gasteiger partial charge < -0.3 is 15.0 Å². The van der Waals surface area contributed by atoms with Crippen LogP contribution in [0.1, 0.15) is 24.0 Å². The van der Waals surface area contributed by atoms with Crippen LogP contribution in [0.25, 0.3) is 0 Å². The number of para-hydroxylation sites is 1. The number of carbonyl (C=O) groups is 2. The van der Waals surface area contributed by atoms with Crippen LogP contribution in [0.4, 0.5) is 14.5 Å². The van der Waals surface area contributed by atoms with Gasteiger partial charge in [0, 0.05) is 31.6 Å². The molecule has 0 bridgehead atoms. The minimum Gasteiger partial charge on any atom is -0.435 e. The Bertz CT molecular complexity index is 840. The zero-order valence-electron chi connectivity index (χ0n) is 15.5. The standard InChI is InChI=1S/C21H22F2N2O3/c1-25(13-14-6-9-17(10-7-14)28-21(22)23)19(26)11-8-16-12-15-4-2-3-5-18(15)24-20(16)27/h2-7,9-10,16,21H,8,11-13H2,1H3,(H,24,27). The van der Waals surface area contributed by atoms with Gasteiger partial charge in [0.25, 0.3) is 0 Å². The van der Waals surface area contributed by atoms with Crippen LogP contribution >= 0.6 is 0 Å². The number of alkyl halides is 2. The monoisotopic (exact) mass is 388 g/mol. The molecule has 1 heterocycles. The maximum absolute atomic E-state index is 12.4. The number of halogens is 2. The first-order valence-corrected chi connectivity index (χ1v) is 9.09. The number of anilines is 1. The van der Waals surface area contributed by atoms with Gasteiger partial charge in [0.05, 0.1) is 0 Å². The molecule has 5 nitrogen and oxygen atoms in total. The van der Waals surface area contributed by atoms with Crippen LogP contribution in [0.15, 0.2) is 48.5 Å². The van der Waals surface area contributed by atoms with Gasteiger partial charge in [-0.3, -0.25) is 9.59 Å². The van der Waals surface area contributed by atoms with E-state index in [0.717, 1.165) is 16.8 Å². The Morgan fingerprint density at radius 2 is 1.93 bits per heavy atom. The number of nitrogens with one attached hydrogen (secondary N) is 1. The maximum atomic E-state index is 12.4. The van der Waals surface area contributed by atoms with Crippen molar-refractivity contribution in [2.45, 2.75) is 32.4 Å². The zero-order chi connectivity index (χ0) is 20.1. The van der Waals surface area contributed by atoms with Gasteiger partial charge in [0.2, 0.25) is 11.8 Å². The first kappa shape index (κ1) is 19.8. The number of amides is 2. The van der Waals surface area contributed by atoms with Crippen LogP contribution < -0.4 is 10.1 Å². The molecule has 0 fully saturated rings. The van der Waals surface area contributed by atoms with Crippen molar-refractivity contribution in [3.05, 3.63) is 59.7 Å². The fraction of sp³-hybridized carbons (Fsp3) is 0.333. The van der Waals surface area contributed by atoms with Crippen LogP contribution in [0, 0.1) is 5.92 Å². The molecule has 1 N–H and O–H groups in total.